The second-order valence-electron chi connectivity index (χ2n) is 7.18. The van der Waals surface area contributed by atoms with Crippen molar-refractivity contribution < 1.29 is 17.9 Å². The van der Waals surface area contributed by atoms with Gasteiger partial charge in [-0.05, 0) is 49.4 Å². The Morgan fingerprint density at radius 2 is 1.90 bits per heavy atom. The van der Waals surface area contributed by atoms with Gasteiger partial charge in [-0.1, -0.05) is 23.5 Å². The molecule has 2 heterocycles. The number of morpholine rings is 1. The van der Waals surface area contributed by atoms with Crippen molar-refractivity contribution in [2.45, 2.75) is 17.7 Å². The Morgan fingerprint density at radius 3 is 2.61 bits per heavy atom. The Bertz CT molecular complexity index is 1170. The van der Waals surface area contributed by atoms with Crippen LogP contribution in [0.1, 0.15) is 12.0 Å². The molecule has 8 nitrogen and oxygen atoms in total. The first-order valence-electron chi connectivity index (χ1n) is 10.0. The minimum atomic E-state index is -3.45. The molecule has 0 atom stereocenters. The van der Waals surface area contributed by atoms with Gasteiger partial charge in [0.2, 0.25) is 15.9 Å². The monoisotopic (exact) mass is 460 g/mol. The molecule has 1 amide bonds. The van der Waals surface area contributed by atoms with Crippen molar-refractivity contribution in [3.05, 3.63) is 48.0 Å². The van der Waals surface area contributed by atoms with Gasteiger partial charge in [-0.15, -0.1) is 0 Å². The van der Waals surface area contributed by atoms with E-state index in [4.69, 9.17) is 9.72 Å². The van der Waals surface area contributed by atoms with E-state index in [9.17, 15) is 13.2 Å². The number of nitrogens with zero attached hydrogens (tertiary/aromatic N) is 2. The van der Waals surface area contributed by atoms with E-state index in [0.717, 1.165) is 39.7 Å². The molecule has 2 aromatic carbocycles. The number of carbonyl (C=O) groups excluding carboxylic acids is 1. The number of benzene rings is 2. The van der Waals surface area contributed by atoms with Crippen molar-refractivity contribution in [2.24, 2.45) is 0 Å². The number of aromatic nitrogens is 1. The number of thiazole rings is 1. The molecule has 0 saturated carbocycles. The number of rotatable bonds is 7. The minimum absolute atomic E-state index is 0.0933. The van der Waals surface area contributed by atoms with Crippen LogP contribution >= 0.6 is 11.3 Å². The maximum atomic E-state index is 12.4. The SMILES string of the molecule is CNS(=O)(=O)c1ccc(CCC(=O)Nc2ccc3nc(N4CCOCC4)sc3c2)cc1. The summed E-state index contributed by atoms with van der Waals surface area (Å²) in [5, 5.41) is 3.92. The highest BCUT2D eigenvalue weighted by molar-refractivity contribution is 7.89. The number of ether oxygens (including phenoxy) is 1. The third kappa shape index (κ3) is 5.21. The zero-order valence-electron chi connectivity index (χ0n) is 17.1. The van der Waals surface area contributed by atoms with Gasteiger partial charge in [0, 0.05) is 25.2 Å². The number of fused-ring (bicyclic) bond motifs is 1. The Hall–Kier alpha value is -2.53. The van der Waals surface area contributed by atoms with Crippen LogP contribution in [-0.2, 0) is 26.0 Å². The molecule has 1 aromatic heterocycles. The molecule has 0 unspecified atom stereocenters. The molecule has 0 radical (unpaired) electrons. The molecule has 10 heteroatoms. The molecular weight excluding hydrogens is 436 g/mol. The van der Waals surface area contributed by atoms with Gasteiger partial charge in [0.25, 0.3) is 0 Å². The highest BCUT2D eigenvalue weighted by atomic mass is 32.2. The zero-order chi connectivity index (χ0) is 21.8. The van der Waals surface area contributed by atoms with Crippen LogP contribution in [0.25, 0.3) is 10.2 Å². The summed E-state index contributed by atoms with van der Waals surface area (Å²) in [7, 11) is -2.08. The number of hydrogen-bond acceptors (Lipinski definition) is 7. The largest absolute Gasteiger partial charge is 0.378 e. The molecule has 1 fully saturated rings. The third-order valence-corrected chi connectivity index (χ3v) is 7.59. The van der Waals surface area contributed by atoms with Crippen LogP contribution in [0.15, 0.2) is 47.4 Å². The molecule has 3 aromatic rings. The standard InChI is InChI=1S/C21H24N4O4S2/c1-22-31(27,28)17-6-2-15(3-7-17)4-9-20(26)23-16-5-8-18-19(14-16)30-21(24-18)25-10-12-29-13-11-25/h2-3,5-8,14,22H,4,9-13H2,1H3,(H,23,26). The van der Waals surface area contributed by atoms with Gasteiger partial charge in [-0.3, -0.25) is 4.79 Å². The van der Waals surface area contributed by atoms with Crippen molar-refractivity contribution in [2.75, 3.05) is 43.6 Å². The molecule has 4 rings (SSSR count). The average molecular weight is 461 g/mol. The van der Waals surface area contributed by atoms with Gasteiger partial charge in [0.15, 0.2) is 5.13 Å². The molecule has 0 spiro atoms. The molecule has 31 heavy (non-hydrogen) atoms. The van der Waals surface area contributed by atoms with Crippen molar-refractivity contribution in [1.29, 1.82) is 0 Å². The molecule has 164 valence electrons. The van der Waals surface area contributed by atoms with Gasteiger partial charge >= 0.3 is 0 Å². The number of sulfonamides is 1. The van der Waals surface area contributed by atoms with Crippen LogP contribution in [0.2, 0.25) is 0 Å². The molecule has 2 N–H and O–H groups in total. The summed E-state index contributed by atoms with van der Waals surface area (Å²) < 4.78 is 32.3. The fraction of sp³-hybridized carbons (Fsp3) is 0.333. The van der Waals surface area contributed by atoms with E-state index in [0.29, 0.717) is 26.1 Å². The summed E-state index contributed by atoms with van der Waals surface area (Å²) in [5.41, 5.74) is 2.56. The molecule has 1 aliphatic rings. The summed E-state index contributed by atoms with van der Waals surface area (Å²) in [4.78, 5) is 19.5. The van der Waals surface area contributed by atoms with Gasteiger partial charge < -0.3 is 15.0 Å². The second kappa shape index (κ2) is 9.31. The number of nitrogens with one attached hydrogen (secondary N) is 2. The van der Waals surface area contributed by atoms with E-state index in [-0.39, 0.29) is 10.8 Å². The Morgan fingerprint density at radius 1 is 1.16 bits per heavy atom. The maximum Gasteiger partial charge on any atom is 0.240 e. The summed E-state index contributed by atoms with van der Waals surface area (Å²) in [6.07, 6.45) is 0.827. The Balaban J connectivity index is 1.36. The van der Waals surface area contributed by atoms with Crippen LogP contribution in [0, 0.1) is 0 Å². The summed E-state index contributed by atoms with van der Waals surface area (Å²) in [5.74, 6) is -0.0933. The Labute approximate surface area is 185 Å². The van der Waals surface area contributed by atoms with Crippen LogP contribution in [0.3, 0.4) is 0 Å². The highest BCUT2D eigenvalue weighted by Gasteiger charge is 2.16. The number of carbonyl (C=O) groups is 1. The van der Waals surface area contributed by atoms with Crippen LogP contribution in [0.4, 0.5) is 10.8 Å². The fourth-order valence-electron chi connectivity index (χ4n) is 3.31. The van der Waals surface area contributed by atoms with E-state index in [2.05, 4.69) is 14.9 Å². The minimum Gasteiger partial charge on any atom is -0.378 e. The number of hydrogen-bond donors (Lipinski definition) is 2. The predicted octanol–water partition coefficient (Wildman–Crippen LogP) is 2.61. The Kier molecular flexibility index (Phi) is 6.51. The highest BCUT2D eigenvalue weighted by Crippen LogP contribution is 2.31. The van der Waals surface area contributed by atoms with Crippen LogP contribution in [0.5, 0.6) is 0 Å². The van der Waals surface area contributed by atoms with Crippen molar-refractivity contribution >= 4 is 48.3 Å². The predicted molar refractivity (Wildman–Crippen MR) is 122 cm³/mol. The zero-order valence-corrected chi connectivity index (χ0v) is 18.8. The van der Waals surface area contributed by atoms with Gasteiger partial charge in [-0.25, -0.2) is 18.1 Å². The van der Waals surface area contributed by atoms with Gasteiger partial charge in [0.1, 0.15) is 0 Å². The molecule has 0 bridgehead atoms. The van der Waals surface area contributed by atoms with E-state index >= 15 is 0 Å². The van der Waals surface area contributed by atoms with E-state index < -0.39 is 10.0 Å². The van der Waals surface area contributed by atoms with Crippen LogP contribution in [-0.4, -0.2) is 52.7 Å². The lowest BCUT2D eigenvalue weighted by molar-refractivity contribution is -0.116. The lowest BCUT2D eigenvalue weighted by atomic mass is 10.1. The first-order chi connectivity index (χ1) is 14.9. The number of aryl methyl sites for hydroxylation is 1. The summed E-state index contributed by atoms with van der Waals surface area (Å²) in [6.45, 7) is 3.10. The number of anilines is 2. The lowest BCUT2D eigenvalue weighted by Crippen LogP contribution is -2.36. The normalized spacial score (nSPS) is 14.7. The summed E-state index contributed by atoms with van der Waals surface area (Å²) >= 11 is 1.61. The maximum absolute atomic E-state index is 12.4. The first kappa shape index (κ1) is 21.7. The molecule has 1 aliphatic heterocycles. The van der Waals surface area contributed by atoms with Crippen molar-refractivity contribution in [3.63, 3.8) is 0 Å². The smallest absolute Gasteiger partial charge is 0.240 e. The fourth-order valence-corrected chi connectivity index (χ4v) is 5.10. The van der Waals surface area contributed by atoms with Crippen LogP contribution < -0.4 is 14.9 Å². The van der Waals surface area contributed by atoms with E-state index in [1.54, 1.807) is 35.6 Å². The lowest BCUT2D eigenvalue weighted by Gasteiger charge is -2.25. The van der Waals surface area contributed by atoms with Gasteiger partial charge in [0.05, 0.1) is 28.3 Å². The second-order valence-corrected chi connectivity index (χ2v) is 10.1. The van der Waals surface area contributed by atoms with Gasteiger partial charge in [-0.2, -0.15) is 0 Å². The van der Waals surface area contributed by atoms with Crippen molar-refractivity contribution in [1.82, 2.24) is 9.71 Å². The third-order valence-electron chi connectivity index (χ3n) is 5.09. The quantitative estimate of drug-likeness (QED) is 0.562. The molecule has 0 aliphatic carbocycles. The topological polar surface area (TPSA) is 101 Å². The first-order valence-corrected chi connectivity index (χ1v) is 12.3. The number of amides is 1. The van der Waals surface area contributed by atoms with Crippen molar-refractivity contribution in [3.8, 4) is 0 Å². The summed E-state index contributed by atoms with van der Waals surface area (Å²) in [6, 6.07) is 12.3. The molecule has 1 saturated heterocycles. The van der Waals surface area contributed by atoms with E-state index in [1.165, 1.54) is 7.05 Å². The average Bonchev–Trinajstić information content (AvgIpc) is 3.22. The van der Waals surface area contributed by atoms with E-state index in [1.807, 2.05) is 18.2 Å². The molecular formula is C21H24N4O4S2.